The molecule has 0 radical (unpaired) electrons. The Labute approximate surface area is 442 Å². The second-order valence-corrected chi connectivity index (χ2v) is 22.1. The number of hydrogen-bond acceptors (Lipinski definition) is 16. The maximum absolute atomic E-state index is 15.2. The van der Waals surface area contributed by atoms with Crippen molar-refractivity contribution in [1.82, 2.24) is 52.0 Å². The molecule has 2 fully saturated rings. The number of nitrogens with one attached hydrogen (secondary N) is 8. The van der Waals surface area contributed by atoms with Crippen LogP contribution >= 0.6 is 24.4 Å². The molecule has 1 aromatic carbocycles. The molecular weight excluding hydrogens is 1010 g/mol. The van der Waals surface area contributed by atoms with Crippen LogP contribution in [0.1, 0.15) is 89.7 Å². The molecule has 6 aliphatic rings. The number of likely N-dealkylation sites (tertiary alicyclic amines) is 1. The number of rotatable bonds is 13. The van der Waals surface area contributed by atoms with Crippen molar-refractivity contribution in [2.45, 2.75) is 149 Å². The van der Waals surface area contributed by atoms with Gasteiger partial charge in [0.15, 0.2) is 0 Å². The SMILES string of the molecule is CCC(C)C1NC(=O)CNC(=O)C2Cc3c4[nH]c5cc(ccc35)C(CCCCCN3C(=O)CC(S)C3=O)(CC3CC(O)CN3C(=O)C(CC(N)=O)NC(=O)C(CS4)NC(=O)CNC1=O)NC(C(C)C(O)CO)C(=O)N2. The van der Waals surface area contributed by atoms with E-state index < -0.39 is 144 Å². The lowest BCUT2D eigenvalue weighted by Crippen LogP contribution is -2.62. The summed E-state index contributed by atoms with van der Waals surface area (Å²) >= 11 is 5.31. The fourth-order valence-corrected chi connectivity index (χ4v) is 12.1. The van der Waals surface area contributed by atoms with Gasteiger partial charge in [0.25, 0.3) is 0 Å². The third-order valence-corrected chi connectivity index (χ3v) is 16.7. The molecule has 8 bridgehead atoms. The number of amides is 10. The van der Waals surface area contributed by atoms with Gasteiger partial charge in [0.1, 0.15) is 24.2 Å². The number of imide groups is 1. The summed E-state index contributed by atoms with van der Waals surface area (Å²) in [5, 5.41) is 52.9. The molecular formula is C49H69N11O13S2. The lowest BCUT2D eigenvalue weighted by molar-refractivity contribution is -0.140. The average molecular weight is 1080 g/mol. The Kier molecular flexibility index (Phi) is 18.6. The smallest absolute Gasteiger partial charge is 0.246 e. The topological polar surface area (TPSA) is 364 Å². The van der Waals surface area contributed by atoms with Crippen LogP contribution in [0.4, 0.5) is 0 Å². The number of fused-ring (bicyclic) bond motifs is 7. The molecule has 8 rings (SSSR count). The van der Waals surface area contributed by atoms with Crippen LogP contribution in [0, 0.1) is 11.8 Å². The van der Waals surface area contributed by atoms with Gasteiger partial charge in [0, 0.05) is 60.1 Å². The monoisotopic (exact) mass is 1080 g/mol. The highest BCUT2D eigenvalue weighted by Crippen LogP contribution is 2.42. The molecule has 12 unspecified atom stereocenters. The first kappa shape index (κ1) is 56.9. The molecule has 6 aliphatic heterocycles. The van der Waals surface area contributed by atoms with E-state index in [0.29, 0.717) is 52.7 Å². The standard InChI is InChI=1S/C49H69N11O13S2/c1-4-23(2)40-44(70)52-18-37(65)53-33-22-75-46-29-14-31(42(68)51-19-38(66)57-40)54-45(71)41(24(3)34(63)21-61)58-49(25-8-9-28(29)30(12-25)56-46,10-6-5-7-11-59-39(67)16-35(74)48(59)73)17-26-13-27(62)20-60(26)47(72)32(15-36(50)64)55-43(33)69/h8-9,12,23-24,26-27,31-35,40-41,56,58,61-63,74H,4-7,10-11,13-22H2,1-3H3,(H2,50,64)(H,51,68)(H,52,70)(H,53,65)(H,54,71)(H,55,69)(H,57,66). The maximum atomic E-state index is 15.2. The van der Waals surface area contributed by atoms with E-state index in [0.717, 1.165) is 11.8 Å². The molecule has 12 atom stereocenters. The highest BCUT2D eigenvalue weighted by atomic mass is 32.2. The van der Waals surface area contributed by atoms with Crippen LogP contribution in [0.25, 0.3) is 10.9 Å². The zero-order valence-corrected chi connectivity index (χ0v) is 43.9. The first-order valence-corrected chi connectivity index (χ1v) is 27.0. The number of hydrogen-bond donors (Lipinski definition) is 13. The van der Waals surface area contributed by atoms with E-state index in [4.69, 9.17) is 5.73 Å². The van der Waals surface area contributed by atoms with E-state index in [9.17, 15) is 58.5 Å². The second-order valence-electron chi connectivity index (χ2n) is 20.5. The van der Waals surface area contributed by atoms with Crippen molar-refractivity contribution in [2.24, 2.45) is 17.6 Å². The zero-order chi connectivity index (χ0) is 54.5. The number of carbonyl (C=O) groups excluding carboxylic acids is 10. The molecule has 1 aromatic heterocycles. The lowest BCUT2D eigenvalue weighted by Gasteiger charge is -2.44. The summed E-state index contributed by atoms with van der Waals surface area (Å²) in [6, 6.07) is -2.46. The van der Waals surface area contributed by atoms with E-state index >= 15 is 4.79 Å². The van der Waals surface area contributed by atoms with Crippen LogP contribution in [0.5, 0.6) is 0 Å². The highest BCUT2D eigenvalue weighted by Gasteiger charge is 2.48. The Morgan fingerprint density at radius 1 is 0.880 bits per heavy atom. The third-order valence-electron chi connectivity index (χ3n) is 15.2. The van der Waals surface area contributed by atoms with Gasteiger partial charge in [-0.15, -0.1) is 11.8 Å². The van der Waals surface area contributed by atoms with E-state index in [-0.39, 0.29) is 62.8 Å². The van der Waals surface area contributed by atoms with E-state index in [1.54, 1.807) is 13.8 Å². The lowest BCUT2D eigenvalue weighted by atomic mass is 9.76. The largest absolute Gasteiger partial charge is 0.394 e. The first-order chi connectivity index (χ1) is 35.6. The number of aromatic amines is 1. The molecule has 75 heavy (non-hydrogen) atoms. The fourth-order valence-electron chi connectivity index (χ4n) is 10.7. The van der Waals surface area contributed by atoms with Crippen molar-refractivity contribution in [2.75, 3.05) is 38.5 Å². The van der Waals surface area contributed by atoms with Gasteiger partial charge in [0.2, 0.25) is 59.1 Å². The van der Waals surface area contributed by atoms with Gasteiger partial charge in [0.05, 0.1) is 54.6 Å². The fraction of sp³-hybridized carbons (Fsp3) is 0.633. The minimum absolute atomic E-state index is 0.0143. The normalized spacial score (nSPS) is 29.7. The third kappa shape index (κ3) is 13.1. The van der Waals surface area contributed by atoms with Gasteiger partial charge in [-0.05, 0) is 48.8 Å². The van der Waals surface area contributed by atoms with Gasteiger partial charge in [-0.3, -0.25) is 58.2 Å². The minimum Gasteiger partial charge on any atom is -0.394 e. The summed E-state index contributed by atoms with van der Waals surface area (Å²) in [5.41, 5.74) is 5.93. The minimum atomic E-state index is -1.61. The van der Waals surface area contributed by atoms with Crippen LogP contribution in [-0.2, 0) is 59.9 Å². The molecule has 2 aromatic rings. The van der Waals surface area contributed by atoms with Crippen molar-refractivity contribution in [3.05, 3.63) is 29.3 Å². The summed E-state index contributed by atoms with van der Waals surface area (Å²) in [4.78, 5) is 144. The molecule has 26 heteroatoms. The summed E-state index contributed by atoms with van der Waals surface area (Å²) < 4.78 is 0. The molecule has 7 heterocycles. The number of nitrogens with zero attached hydrogens (tertiary/aromatic N) is 2. The van der Waals surface area contributed by atoms with Crippen molar-refractivity contribution in [3.8, 4) is 0 Å². The number of nitrogens with two attached hydrogens (primary N) is 1. The predicted octanol–water partition coefficient (Wildman–Crippen LogP) is -2.95. The first-order valence-electron chi connectivity index (χ1n) is 25.5. The highest BCUT2D eigenvalue weighted by molar-refractivity contribution is 7.99. The predicted molar refractivity (Wildman–Crippen MR) is 274 cm³/mol. The summed E-state index contributed by atoms with van der Waals surface area (Å²) in [6.45, 7) is 2.89. The maximum Gasteiger partial charge on any atom is 0.246 e. The number of H-pyrrole nitrogens is 1. The van der Waals surface area contributed by atoms with Gasteiger partial charge < -0.3 is 62.8 Å². The second kappa shape index (κ2) is 24.5. The number of thioether (sulfide) groups is 1. The van der Waals surface area contributed by atoms with Crippen LogP contribution in [0.3, 0.4) is 0 Å². The average Bonchev–Trinajstić information content (AvgIpc) is 4.00. The number of primary amides is 1. The zero-order valence-electron chi connectivity index (χ0n) is 42.1. The van der Waals surface area contributed by atoms with E-state index in [2.05, 4.69) is 54.8 Å². The van der Waals surface area contributed by atoms with Gasteiger partial charge in [-0.2, -0.15) is 12.6 Å². The summed E-state index contributed by atoms with van der Waals surface area (Å²) in [7, 11) is 0. The van der Waals surface area contributed by atoms with Crippen LogP contribution in [-0.4, -0.2) is 181 Å². The number of unbranched alkanes of at least 4 members (excludes halogenated alkanes) is 2. The summed E-state index contributed by atoms with van der Waals surface area (Å²) in [6.07, 6.45) is -1.79. The molecule has 0 aliphatic carbocycles. The molecule has 13 N–H and O–H groups in total. The molecule has 0 spiro atoms. The van der Waals surface area contributed by atoms with Crippen LogP contribution in [0.2, 0.25) is 0 Å². The number of thiol groups is 1. The molecule has 24 nitrogen and oxygen atoms in total. The number of aromatic nitrogens is 1. The molecule has 410 valence electrons. The number of aliphatic hydroxyl groups excluding tert-OH is 3. The van der Waals surface area contributed by atoms with E-state index in [1.165, 1.54) is 16.7 Å². The Bertz CT molecular complexity index is 2570. The van der Waals surface area contributed by atoms with Crippen molar-refractivity contribution in [1.29, 1.82) is 0 Å². The molecule has 2 saturated heterocycles. The van der Waals surface area contributed by atoms with E-state index in [1.807, 2.05) is 18.2 Å². The van der Waals surface area contributed by atoms with Crippen molar-refractivity contribution < 1.29 is 63.3 Å². The Morgan fingerprint density at radius 2 is 1.60 bits per heavy atom. The quantitative estimate of drug-likeness (QED) is 0.0542. The van der Waals surface area contributed by atoms with Gasteiger partial charge in [-0.1, -0.05) is 52.2 Å². The van der Waals surface area contributed by atoms with Crippen LogP contribution in [0.15, 0.2) is 23.2 Å². The Morgan fingerprint density at radius 3 is 2.28 bits per heavy atom. The molecule has 0 saturated carbocycles. The summed E-state index contributed by atoms with van der Waals surface area (Å²) in [5.74, 6) is -9.02. The number of aliphatic hydroxyl groups is 3. The number of benzene rings is 1. The number of carbonyl (C=O) groups is 10. The van der Waals surface area contributed by atoms with Gasteiger partial charge >= 0.3 is 0 Å². The Hall–Kier alpha value is -5.80. The van der Waals surface area contributed by atoms with Gasteiger partial charge in [-0.25, -0.2) is 0 Å². The van der Waals surface area contributed by atoms with Crippen molar-refractivity contribution >= 4 is 94.4 Å². The van der Waals surface area contributed by atoms with Crippen molar-refractivity contribution in [3.63, 3.8) is 0 Å². The Balaban J connectivity index is 1.42. The van der Waals surface area contributed by atoms with Crippen LogP contribution < -0.4 is 43.0 Å². The molecule has 10 amide bonds.